The van der Waals surface area contributed by atoms with E-state index in [0.29, 0.717) is 31.7 Å². The van der Waals surface area contributed by atoms with Gasteiger partial charge in [-0.25, -0.2) is 4.39 Å². The van der Waals surface area contributed by atoms with E-state index in [9.17, 15) is 14.0 Å². The van der Waals surface area contributed by atoms with Crippen LogP contribution in [0.25, 0.3) is 0 Å². The number of amides is 2. The summed E-state index contributed by atoms with van der Waals surface area (Å²) in [5.74, 6) is -1.21. The second-order valence-electron chi connectivity index (χ2n) is 6.56. The third-order valence-corrected chi connectivity index (χ3v) is 5.86. The standard InChI is InChI=1S/C19H19FN2O3S/c20-13-4-1-3-12(9-13)19(24)22-11-15(17-16(22)6-7-25-17)18(23)21-10-14-5-2-8-26-14/h1-5,8-9,15-17H,6-7,10-11H2,(H,21,23)/t15-,16-,17-/m1/s1. The zero-order valence-electron chi connectivity index (χ0n) is 14.1. The van der Waals surface area contributed by atoms with Crippen LogP contribution in [0, 0.1) is 11.7 Å². The van der Waals surface area contributed by atoms with Crippen LogP contribution in [0.15, 0.2) is 41.8 Å². The summed E-state index contributed by atoms with van der Waals surface area (Å²) in [6, 6.07) is 9.43. The Morgan fingerprint density at radius 3 is 2.96 bits per heavy atom. The van der Waals surface area contributed by atoms with Crippen molar-refractivity contribution in [3.8, 4) is 0 Å². The average Bonchev–Trinajstić information content (AvgIpc) is 3.36. The van der Waals surface area contributed by atoms with Gasteiger partial charge >= 0.3 is 0 Å². The highest BCUT2D eigenvalue weighted by Crippen LogP contribution is 2.34. The van der Waals surface area contributed by atoms with Gasteiger partial charge in [0.25, 0.3) is 5.91 Å². The van der Waals surface area contributed by atoms with Gasteiger partial charge in [0.2, 0.25) is 5.91 Å². The number of rotatable bonds is 4. The molecule has 2 amide bonds. The number of fused-ring (bicyclic) bond motifs is 1. The number of benzene rings is 1. The third kappa shape index (κ3) is 3.24. The summed E-state index contributed by atoms with van der Waals surface area (Å²) < 4.78 is 19.2. The number of carbonyl (C=O) groups excluding carboxylic acids is 2. The molecule has 2 fully saturated rings. The van der Waals surface area contributed by atoms with Crippen molar-refractivity contribution in [3.05, 3.63) is 58.0 Å². The Kier molecular flexibility index (Phi) is 4.74. The molecule has 4 rings (SSSR count). The minimum Gasteiger partial charge on any atom is -0.375 e. The number of carbonyl (C=O) groups is 2. The van der Waals surface area contributed by atoms with E-state index in [1.807, 2.05) is 17.5 Å². The Morgan fingerprint density at radius 2 is 2.19 bits per heavy atom. The maximum absolute atomic E-state index is 13.5. The highest BCUT2D eigenvalue weighted by molar-refractivity contribution is 7.09. The first kappa shape index (κ1) is 17.2. The van der Waals surface area contributed by atoms with Crippen LogP contribution in [0.2, 0.25) is 0 Å². The van der Waals surface area contributed by atoms with Gasteiger partial charge in [-0.1, -0.05) is 12.1 Å². The molecule has 5 nitrogen and oxygen atoms in total. The monoisotopic (exact) mass is 374 g/mol. The van der Waals surface area contributed by atoms with E-state index in [1.165, 1.54) is 18.2 Å². The summed E-state index contributed by atoms with van der Waals surface area (Å²) in [5, 5.41) is 4.91. The number of hydrogen-bond acceptors (Lipinski definition) is 4. The number of likely N-dealkylation sites (tertiary alicyclic amines) is 1. The molecule has 0 saturated carbocycles. The minimum atomic E-state index is -0.445. The number of halogens is 1. The number of nitrogens with one attached hydrogen (secondary N) is 1. The van der Waals surface area contributed by atoms with E-state index in [-0.39, 0.29) is 24.0 Å². The first-order valence-corrected chi connectivity index (χ1v) is 9.49. The molecular formula is C19H19FN2O3S. The molecule has 1 aromatic heterocycles. The van der Waals surface area contributed by atoms with E-state index in [4.69, 9.17) is 4.74 Å². The molecule has 7 heteroatoms. The quantitative estimate of drug-likeness (QED) is 0.894. The summed E-state index contributed by atoms with van der Waals surface area (Å²) in [6.07, 6.45) is 0.399. The molecule has 1 N–H and O–H groups in total. The molecule has 136 valence electrons. The molecule has 0 spiro atoms. The predicted molar refractivity (Wildman–Crippen MR) is 95.2 cm³/mol. The third-order valence-electron chi connectivity index (χ3n) is 4.98. The fourth-order valence-electron chi connectivity index (χ4n) is 3.74. The maximum atomic E-state index is 13.5. The van der Waals surface area contributed by atoms with E-state index in [2.05, 4.69) is 5.32 Å². The summed E-state index contributed by atoms with van der Waals surface area (Å²) in [7, 11) is 0. The van der Waals surface area contributed by atoms with Crippen molar-refractivity contribution < 1.29 is 18.7 Å². The van der Waals surface area contributed by atoms with Gasteiger partial charge in [0.1, 0.15) is 5.82 Å². The Morgan fingerprint density at radius 1 is 1.31 bits per heavy atom. The molecule has 0 aliphatic carbocycles. The summed E-state index contributed by atoms with van der Waals surface area (Å²) >= 11 is 1.58. The maximum Gasteiger partial charge on any atom is 0.254 e. The van der Waals surface area contributed by atoms with Crippen LogP contribution in [0.5, 0.6) is 0 Å². The highest BCUT2D eigenvalue weighted by Gasteiger charge is 2.50. The first-order chi connectivity index (χ1) is 12.6. The molecule has 0 bridgehead atoms. The molecule has 26 heavy (non-hydrogen) atoms. The molecule has 2 aliphatic heterocycles. The van der Waals surface area contributed by atoms with Gasteiger partial charge in [0, 0.05) is 23.6 Å². The van der Waals surface area contributed by atoms with Crippen LogP contribution in [-0.4, -0.2) is 42.0 Å². The summed E-state index contributed by atoms with van der Waals surface area (Å²) in [6.45, 7) is 1.29. The van der Waals surface area contributed by atoms with Crippen molar-refractivity contribution in [2.24, 2.45) is 5.92 Å². The second kappa shape index (κ2) is 7.17. The number of thiophene rings is 1. The molecular weight excluding hydrogens is 355 g/mol. The van der Waals surface area contributed by atoms with E-state index < -0.39 is 11.7 Å². The molecule has 0 radical (unpaired) electrons. The largest absolute Gasteiger partial charge is 0.375 e. The van der Waals surface area contributed by atoms with Crippen molar-refractivity contribution in [2.45, 2.75) is 25.1 Å². The first-order valence-electron chi connectivity index (χ1n) is 8.62. The highest BCUT2D eigenvalue weighted by atomic mass is 32.1. The Balaban J connectivity index is 1.48. The van der Waals surface area contributed by atoms with Crippen molar-refractivity contribution in [3.63, 3.8) is 0 Å². The van der Waals surface area contributed by atoms with Crippen molar-refractivity contribution >= 4 is 23.2 Å². The van der Waals surface area contributed by atoms with Gasteiger partial charge in [-0.3, -0.25) is 9.59 Å². The van der Waals surface area contributed by atoms with Crippen LogP contribution < -0.4 is 5.32 Å². The van der Waals surface area contributed by atoms with E-state index in [0.717, 1.165) is 4.88 Å². The normalized spacial score (nSPS) is 24.5. The Hall–Kier alpha value is -2.25. The van der Waals surface area contributed by atoms with Crippen molar-refractivity contribution in [1.29, 1.82) is 0 Å². The van der Waals surface area contributed by atoms with Gasteiger partial charge in [-0.15, -0.1) is 11.3 Å². The van der Waals surface area contributed by atoms with Gasteiger partial charge in [0.05, 0.1) is 24.6 Å². The summed E-state index contributed by atoms with van der Waals surface area (Å²) in [5.41, 5.74) is 0.301. The fraction of sp³-hybridized carbons (Fsp3) is 0.368. The lowest BCUT2D eigenvalue weighted by Crippen LogP contribution is -2.37. The van der Waals surface area contributed by atoms with E-state index in [1.54, 1.807) is 22.3 Å². The lowest BCUT2D eigenvalue weighted by Gasteiger charge is -2.22. The lowest BCUT2D eigenvalue weighted by molar-refractivity contribution is -0.127. The van der Waals surface area contributed by atoms with Crippen LogP contribution in [0.4, 0.5) is 4.39 Å². The minimum absolute atomic E-state index is 0.107. The topological polar surface area (TPSA) is 58.6 Å². The van der Waals surface area contributed by atoms with Gasteiger partial charge in [-0.2, -0.15) is 0 Å². The zero-order valence-corrected chi connectivity index (χ0v) is 14.9. The van der Waals surface area contributed by atoms with Crippen LogP contribution >= 0.6 is 11.3 Å². The lowest BCUT2D eigenvalue weighted by atomic mass is 10.0. The number of nitrogens with zero attached hydrogens (tertiary/aromatic N) is 1. The van der Waals surface area contributed by atoms with Gasteiger partial charge in [0.15, 0.2) is 0 Å². The van der Waals surface area contributed by atoms with Gasteiger partial charge < -0.3 is 15.0 Å². The Labute approximate surface area is 154 Å². The smallest absolute Gasteiger partial charge is 0.254 e. The SMILES string of the molecule is O=C(NCc1cccs1)[C@@H]1CN(C(=O)c2cccc(F)c2)[C@@H]2CCO[C@@H]21. The molecule has 0 unspecified atom stereocenters. The molecule has 2 aromatic rings. The van der Waals surface area contributed by atoms with Crippen molar-refractivity contribution in [2.75, 3.05) is 13.2 Å². The summed E-state index contributed by atoms with van der Waals surface area (Å²) in [4.78, 5) is 28.2. The van der Waals surface area contributed by atoms with Gasteiger partial charge in [-0.05, 0) is 36.1 Å². The molecule has 3 atom stereocenters. The number of hydrogen-bond donors (Lipinski definition) is 1. The molecule has 1 aromatic carbocycles. The second-order valence-corrected chi connectivity index (χ2v) is 7.60. The predicted octanol–water partition coefficient (Wildman–Crippen LogP) is 2.43. The van der Waals surface area contributed by atoms with E-state index >= 15 is 0 Å². The molecule has 3 heterocycles. The van der Waals surface area contributed by atoms with Crippen LogP contribution in [0.3, 0.4) is 0 Å². The fourth-order valence-corrected chi connectivity index (χ4v) is 4.38. The van der Waals surface area contributed by atoms with Crippen LogP contribution in [0.1, 0.15) is 21.7 Å². The Bertz CT molecular complexity index is 811. The molecule has 2 aliphatic rings. The average molecular weight is 374 g/mol. The molecule has 2 saturated heterocycles. The van der Waals surface area contributed by atoms with Crippen LogP contribution in [-0.2, 0) is 16.1 Å². The number of ether oxygens (including phenoxy) is 1. The zero-order chi connectivity index (χ0) is 18.1. The van der Waals surface area contributed by atoms with Crippen molar-refractivity contribution in [1.82, 2.24) is 10.2 Å².